The van der Waals surface area contributed by atoms with E-state index in [1.807, 2.05) is 25.7 Å². The minimum absolute atomic E-state index is 0.0467. The van der Waals surface area contributed by atoms with Gasteiger partial charge in [-0.2, -0.15) is 0 Å². The predicted molar refractivity (Wildman–Crippen MR) is 128 cm³/mol. The molecule has 190 valence electrons. The highest BCUT2D eigenvalue weighted by Crippen LogP contribution is 2.26. The normalized spacial score (nSPS) is 22.3. The first kappa shape index (κ1) is 26.5. The molecule has 0 aliphatic carbocycles. The molecule has 0 radical (unpaired) electrons. The number of carbonyl (C=O) groups is 2. The average molecular weight is 478 g/mol. The van der Waals surface area contributed by atoms with Gasteiger partial charge in [0.2, 0.25) is 5.91 Å². The number of piperidine rings is 1. The number of hydrogen-bond acceptors (Lipinski definition) is 9. The van der Waals surface area contributed by atoms with Crippen molar-refractivity contribution >= 4 is 17.5 Å². The van der Waals surface area contributed by atoms with Crippen LogP contribution < -0.4 is 10.6 Å². The maximum absolute atomic E-state index is 13.3. The molecule has 1 aromatic rings. The number of anilines is 1. The van der Waals surface area contributed by atoms with E-state index in [-0.39, 0.29) is 42.1 Å². The Balaban J connectivity index is 1.69. The second kappa shape index (κ2) is 12.0. The fraction of sp³-hybridized carbons (Fsp3) is 0.750. The molecule has 2 saturated heterocycles. The Morgan fingerprint density at radius 1 is 1.32 bits per heavy atom. The standard InChI is InChI=1S/C24H39N5O5/c1-24(2,3)23-27-14-19(21(28-23)26-13-18(30)15-33-4)20(31)10-16-9-17(12-25-11-16)22(32)29-5-7-34-8-6-29/h14,16-18,25,30H,5-13,15H2,1-4H3,(H,26,27,28). The molecule has 3 atom stereocenters. The van der Waals surface area contributed by atoms with Crippen LogP contribution in [0.2, 0.25) is 0 Å². The minimum atomic E-state index is -0.726. The van der Waals surface area contributed by atoms with Crippen molar-refractivity contribution in [3.63, 3.8) is 0 Å². The van der Waals surface area contributed by atoms with Crippen molar-refractivity contribution in [2.24, 2.45) is 11.8 Å². The summed E-state index contributed by atoms with van der Waals surface area (Å²) in [6.07, 6.45) is 1.82. The number of ketones is 1. The fourth-order valence-corrected chi connectivity index (χ4v) is 4.34. The zero-order chi connectivity index (χ0) is 24.7. The quantitative estimate of drug-likeness (QED) is 0.444. The molecule has 1 aromatic heterocycles. The Morgan fingerprint density at radius 2 is 2.06 bits per heavy atom. The summed E-state index contributed by atoms with van der Waals surface area (Å²) in [7, 11) is 1.52. The first-order valence-corrected chi connectivity index (χ1v) is 12.1. The van der Waals surface area contributed by atoms with E-state index in [2.05, 4.69) is 20.6 Å². The molecule has 10 nitrogen and oxygen atoms in total. The second-order valence-corrected chi connectivity index (χ2v) is 10.2. The van der Waals surface area contributed by atoms with Crippen LogP contribution in [0, 0.1) is 11.8 Å². The van der Waals surface area contributed by atoms with Crippen LogP contribution in [0.4, 0.5) is 5.82 Å². The number of rotatable bonds is 9. The van der Waals surface area contributed by atoms with E-state index in [1.165, 1.54) is 7.11 Å². The van der Waals surface area contributed by atoms with Crippen molar-refractivity contribution in [3.8, 4) is 0 Å². The number of aliphatic hydroxyl groups is 1. The van der Waals surface area contributed by atoms with Crippen LogP contribution in [-0.2, 0) is 19.7 Å². The lowest BCUT2D eigenvalue weighted by molar-refractivity contribution is -0.140. The number of Topliss-reactive ketones (excluding diaryl/α,β-unsaturated/α-hetero) is 1. The zero-order valence-corrected chi connectivity index (χ0v) is 20.8. The zero-order valence-electron chi connectivity index (χ0n) is 20.8. The summed E-state index contributed by atoms with van der Waals surface area (Å²) in [6, 6.07) is 0. The maximum atomic E-state index is 13.3. The molecule has 0 saturated carbocycles. The molecule has 2 aliphatic rings. The van der Waals surface area contributed by atoms with Crippen molar-refractivity contribution in [2.75, 3.05) is 65.0 Å². The van der Waals surface area contributed by atoms with Gasteiger partial charge in [0.1, 0.15) is 11.6 Å². The lowest BCUT2D eigenvalue weighted by Gasteiger charge is -2.34. The SMILES string of the molecule is COCC(O)CNc1nc(C(C)(C)C)ncc1C(=O)CC1CNCC(C(=O)N2CCOCC2)C1. The second-order valence-electron chi connectivity index (χ2n) is 10.2. The summed E-state index contributed by atoms with van der Waals surface area (Å²) < 4.78 is 10.3. The number of hydrogen-bond donors (Lipinski definition) is 3. The molecule has 1 amide bonds. The first-order valence-electron chi connectivity index (χ1n) is 12.1. The number of methoxy groups -OCH3 is 1. The van der Waals surface area contributed by atoms with Gasteiger partial charge in [0.05, 0.1) is 37.4 Å². The molecular formula is C24H39N5O5. The summed E-state index contributed by atoms with van der Waals surface area (Å²) in [6.45, 7) is 10.1. The Hall–Kier alpha value is -2.14. The lowest BCUT2D eigenvalue weighted by atomic mass is 9.85. The molecule has 0 aromatic carbocycles. The van der Waals surface area contributed by atoms with Crippen LogP contribution in [-0.4, -0.2) is 97.4 Å². The number of aliphatic hydroxyl groups excluding tert-OH is 1. The van der Waals surface area contributed by atoms with Crippen molar-refractivity contribution < 1.29 is 24.2 Å². The molecule has 2 aliphatic heterocycles. The van der Waals surface area contributed by atoms with Gasteiger partial charge in [-0.1, -0.05) is 20.8 Å². The van der Waals surface area contributed by atoms with Gasteiger partial charge in [0.15, 0.2) is 5.78 Å². The molecule has 3 heterocycles. The van der Waals surface area contributed by atoms with E-state index < -0.39 is 6.10 Å². The maximum Gasteiger partial charge on any atom is 0.227 e. The summed E-state index contributed by atoms with van der Waals surface area (Å²) in [5, 5.41) is 16.5. The third kappa shape index (κ3) is 7.18. The van der Waals surface area contributed by atoms with Crippen LogP contribution in [0.1, 0.15) is 49.8 Å². The van der Waals surface area contributed by atoms with Gasteiger partial charge in [-0.3, -0.25) is 9.59 Å². The van der Waals surface area contributed by atoms with E-state index in [1.54, 1.807) is 6.20 Å². The van der Waals surface area contributed by atoms with Gasteiger partial charge in [0.25, 0.3) is 0 Å². The lowest BCUT2D eigenvalue weighted by Crippen LogP contribution is -2.49. The van der Waals surface area contributed by atoms with Crippen LogP contribution in [0.15, 0.2) is 6.20 Å². The van der Waals surface area contributed by atoms with Gasteiger partial charge in [-0.15, -0.1) is 0 Å². The molecule has 0 spiro atoms. The van der Waals surface area contributed by atoms with Crippen LogP contribution in [0.5, 0.6) is 0 Å². The monoisotopic (exact) mass is 477 g/mol. The van der Waals surface area contributed by atoms with Crippen LogP contribution >= 0.6 is 0 Å². The number of aromatic nitrogens is 2. The van der Waals surface area contributed by atoms with Crippen molar-refractivity contribution in [2.45, 2.75) is 45.1 Å². The van der Waals surface area contributed by atoms with E-state index in [0.717, 1.165) is 0 Å². The molecule has 2 fully saturated rings. The Labute approximate surface area is 201 Å². The smallest absolute Gasteiger partial charge is 0.227 e. The van der Waals surface area contributed by atoms with Gasteiger partial charge in [-0.05, 0) is 18.9 Å². The van der Waals surface area contributed by atoms with Crippen molar-refractivity contribution in [1.82, 2.24) is 20.2 Å². The summed E-state index contributed by atoms with van der Waals surface area (Å²) in [5.41, 5.74) is 0.114. The van der Waals surface area contributed by atoms with Gasteiger partial charge in [0, 0.05) is 51.3 Å². The minimum Gasteiger partial charge on any atom is -0.389 e. The van der Waals surface area contributed by atoms with Crippen molar-refractivity contribution in [1.29, 1.82) is 0 Å². The highest BCUT2D eigenvalue weighted by Gasteiger charge is 2.32. The fourth-order valence-electron chi connectivity index (χ4n) is 4.34. The average Bonchev–Trinajstić information content (AvgIpc) is 2.82. The summed E-state index contributed by atoms with van der Waals surface area (Å²) in [5.74, 6) is 1.01. The molecule has 34 heavy (non-hydrogen) atoms. The Kier molecular flexibility index (Phi) is 9.35. The molecule has 0 bridgehead atoms. The van der Waals surface area contributed by atoms with E-state index >= 15 is 0 Å². The number of nitrogens with one attached hydrogen (secondary N) is 2. The molecule has 3 rings (SSSR count). The summed E-state index contributed by atoms with van der Waals surface area (Å²) in [4.78, 5) is 37.1. The molecule has 3 N–H and O–H groups in total. The van der Waals surface area contributed by atoms with Crippen LogP contribution in [0.3, 0.4) is 0 Å². The predicted octanol–water partition coefficient (Wildman–Crippen LogP) is 0.851. The van der Waals surface area contributed by atoms with Crippen LogP contribution in [0.25, 0.3) is 0 Å². The number of nitrogens with zero attached hydrogens (tertiary/aromatic N) is 3. The molecule has 3 unspecified atom stereocenters. The summed E-state index contributed by atoms with van der Waals surface area (Å²) >= 11 is 0. The van der Waals surface area contributed by atoms with Gasteiger partial charge >= 0.3 is 0 Å². The third-order valence-electron chi connectivity index (χ3n) is 6.21. The topological polar surface area (TPSA) is 126 Å². The molecular weight excluding hydrogens is 438 g/mol. The first-order chi connectivity index (χ1) is 16.2. The highest BCUT2D eigenvalue weighted by atomic mass is 16.5. The van der Waals surface area contributed by atoms with E-state index in [0.29, 0.717) is 69.4 Å². The Morgan fingerprint density at radius 3 is 2.74 bits per heavy atom. The largest absolute Gasteiger partial charge is 0.389 e. The van der Waals surface area contributed by atoms with Gasteiger partial charge in [-0.25, -0.2) is 9.97 Å². The number of carbonyl (C=O) groups excluding carboxylic acids is 2. The highest BCUT2D eigenvalue weighted by molar-refractivity contribution is 6.00. The third-order valence-corrected chi connectivity index (χ3v) is 6.21. The number of ether oxygens (including phenoxy) is 2. The van der Waals surface area contributed by atoms with Crippen molar-refractivity contribution in [3.05, 3.63) is 17.6 Å². The molecule has 10 heteroatoms. The van der Waals surface area contributed by atoms with Gasteiger partial charge < -0.3 is 30.1 Å². The number of morpholine rings is 1. The Bertz CT molecular complexity index is 838. The number of amides is 1. The van der Waals surface area contributed by atoms with E-state index in [9.17, 15) is 14.7 Å². The van der Waals surface area contributed by atoms with E-state index in [4.69, 9.17) is 9.47 Å².